The molecule has 8 nitrogen and oxygen atoms in total. The van der Waals surface area contributed by atoms with Crippen LogP contribution in [0.2, 0.25) is 0 Å². The molecule has 0 saturated carbocycles. The summed E-state index contributed by atoms with van der Waals surface area (Å²) in [5.74, 6) is 1.49. The van der Waals surface area contributed by atoms with Gasteiger partial charge in [-0.1, -0.05) is 160 Å². The predicted octanol–water partition coefficient (Wildman–Crippen LogP) is 12.3. The summed E-state index contributed by atoms with van der Waals surface area (Å²) < 4.78 is 0. The molecule has 0 saturated heterocycles. The van der Waals surface area contributed by atoms with Crippen LogP contribution in [0.25, 0.3) is 73.5 Å². The summed E-state index contributed by atoms with van der Waals surface area (Å²) in [6.45, 7) is 10.1. The van der Waals surface area contributed by atoms with E-state index >= 15 is 0 Å². The lowest BCUT2D eigenvalue weighted by atomic mass is 9.79. The number of hydrogen-bond acceptors (Lipinski definition) is 8. The van der Waals surface area contributed by atoms with E-state index in [4.69, 9.17) is 29.8 Å². The summed E-state index contributed by atoms with van der Waals surface area (Å²) in [4.78, 5) is 32.0. The van der Waals surface area contributed by atoms with Crippen LogP contribution in [0.4, 0.5) is 5.69 Å². The Kier molecular flexibility index (Phi) is 10.6. The van der Waals surface area contributed by atoms with Crippen LogP contribution in [0.1, 0.15) is 53.2 Å². The number of rotatable bonds is 10. The Morgan fingerprint density at radius 1 is 0.500 bits per heavy atom. The third-order valence-corrected chi connectivity index (χ3v) is 10.8. The number of anilines is 1. The fourth-order valence-corrected chi connectivity index (χ4v) is 6.58. The minimum atomic E-state index is -0.665. The van der Waals surface area contributed by atoms with Crippen molar-refractivity contribution in [3.05, 3.63) is 163 Å². The number of aromatic nitrogens is 5. The highest BCUT2D eigenvalue weighted by Crippen LogP contribution is 2.39. The zero-order chi connectivity index (χ0) is 40.3. The number of benzene rings is 5. The van der Waals surface area contributed by atoms with E-state index < -0.39 is 5.60 Å². The second-order valence-electron chi connectivity index (χ2n) is 15.9. The fraction of sp³-hybridized carbons (Fsp3) is 0.180. The van der Waals surface area contributed by atoms with E-state index in [-0.39, 0.29) is 5.41 Å². The van der Waals surface area contributed by atoms with Gasteiger partial charge in [0.05, 0.1) is 34.1 Å². The van der Waals surface area contributed by atoms with Crippen molar-refractivity contribution in [2.45, 2.75) is 53.1 Å². The van der Waals surface area contributed by atoms with Crippen LogP contribution < -0.4 is 5.23 Å². The van der Waals surface area contributed by atoms with Gasteiger partial charge in [0.1, 0.15) is 0 Å². The highest BCUT2D eigenvalue weighted by Gasteiger charge is 2.36. The van der Waals surface area contributed by atoms with Crippen molar-refractivity contribution < 1.29 is 10.0 Å². The molecule has 0 fully saturated rings. The standard InChI is InChI=1S/C50H46N6O2/c1-49(2,3)50(4,5)58-56(57)41-31-19-30-40(33-41)48-54-46(37-26-16-9-17-27-37)53-47(55-48)39-29-18-28-38(32-39)45-44(36-24-14-8-15-25-36)51-42(34-20-10-6-11-21-34)43(52-45)35-22-12-7-13-23-35/h6-14,16-24,26-33,57H,15,25H2,1-5H3. The first kappa shape index (κ1) is 38.3. The van der Waals surface area contributed by atoms with E-state index in [1.54, 1.807) is 6.07 Å². The first-order valence-electron chi connectivity index (χ1n) is 19.6. The molecule has 0 radical (unpaired) electrons. The SMILES string of the molecule is CC(C)(C)C(C)(C)ON(O)c1cccc(-c2nc(-c3ccccc3)nc(-c3cccc(-c4nc(-c5ccccc5)c(-c5ccccc5)nc4C4=CC=CCC4)c3)n2)c1. The van der Waals surface area contributed by atoms with Gasteiger partial charge in [0, 0.05) is 33.4 Å². The van der Waals surface area contributed by atoms with E-state index in [0.717, 1.165) is 74.2 Å². The summed E-state index contributed by atoms with van der Waals surface area (Å²) in [7, 11) is 0. The van der Waals surface area contributed by atoms with E-state index in [1.807, 2.05) is 111 Å². The minimum Gasteiger partial charge on any atom is -0.264 e. The Bertz CT molecular complexity index is 2620. The Hall–Kier alpha value is -6.61. The van der Waals surface area contributed by atoms with Crippen LogP contribution in [-0.4, -0.2) is 35.7 Å². The predicted molar refractivity (Wildman–Crippen MR) is 233 cm³/mol. The molecular formula is C50H46N6O2. The maximum Gasteiger partial charge on any atom is 0.164 e. The van der Waals surface area contributed by atoms with Gasteiger partial charge in [-0.25, -0.2) is 29.8 Å². The fourth-order valence-electron chi connectivity index (χ4n) is 6.58. The van der Waals surface area contributed by atoms with Crippen molar-refractivity contribution in [2.75, 3.05) is 5.23 Å². The molecule has 1 aliphatic carbocycles. The molecule has 0 aliphatic heterocycles. The van der Waals surface area contributed by atoms with Crippen molar-refractivity contribution in [1.29, 1.82) is 0 Å². The van der Waals surface area contributed by atoms with E-state index in [9.17, 15) is 5.21 Å². The van der Waals surface area contributed by atoms with Crippen LogP contribution in [-0.2, 0) is 4.84 Å². The lowest BCUT2D eigenvalue weighted by Crippen LogP contribution is -2.44. The summed E-state index contributed by atoms with van der Waals surface area (Å²) >= 11 is 0. The van der Waals surface area contributed by atoms with E-state index in [0.29, 0.717) is 28.7 Å². The third kappa shape index (κ3) is 8.11. The molecule has 0 unspecified atom stereocenters. The van der Waals surface area contributed by atoms with Crippen molar-refractivity contribution in [2.24, 2.45) is 5.41 Å². The lowest BCUT2D eigenvalue weighted by Gasteiger charge is -2.39. The molecule has 58 heavy (non-hydrogen) atoms. The number of allylic oxidation sites excluding steroid dienone is 4. The third-order valence-electron chi connectivity index (χ3n) is 10.8. The minimum absolute atomic E-state index is 0.238. The Balaban J connectivity index is 1.27. The Morgan fingerprint density at radius 3 is 1.52 bits per heavy atom. The molecule has 8 heteroatoms. The quantitative estimate of drug-likeness (QED) is 0.138. The molecule has 2 aromatic heterocycles. The zero-order valence-electron chi connectivity index (χ0n) is 33.5. The molecule has 0 spiro atoms. The van der Waals surface area contributed by atoms with Gasteiger partial charge in [0.15, 0.2) is 17.5 Å². The summed E-state index contributed by atoms with van der Waals surface area (Å²) in [5.41, 5.74) is 9.20. The van der Waals surface area contributed by atoms with Crippen molar-refractivity contribution in [3.8, 4) is 67.9 Å². The van der Waals surface area contributed by atoms with Crippen molar-refractivity contribution in [3.63, 3.8) is 0 Å². The molecule has 1 N–H and O–H groups in total. The highest BCUT2D eigenvalue weighted by atomic mass is 16.9. The highest BCUT2D eigenvalue weighted by molar-refractivity contribution is 5.86. The maximum atomic E-state index is 11.1. The Morgan fingerprint density at radius 2 is 0.966 bits per heavy atom. The second-order valence-corrected chi connectivity index (χ2v) is 15.9. The molecule has 8 rings (SSSR count). The molecule has 2 heterocycles. The molecule has 1 aliphatic rings. The molecule has 288 valence electrons. The number of nitrogens with zero attached hydrogens (tertiary/aromatic N) is 6. The van der Waals surface area contributed by atoms with Crippen LogP contribution >= 0.6 is 0 Å². The average Bonchev–Trinajstić information content (AvgIpc) is 3.26. The molecule has 0 atom stereocenters. The smallest absolute Gasteiger partial charge is 0.164 e. The Labute approximate surface area is 340 Å². The first-order valence-corrected chi connectivity index (χ1v) is 19.6. The van der Waals surface area contributed by atoms with Crippen molar-refractivity contribution in [1.82, 2.24) is 24.9 Å². The second kappa shape index (κ2) is 16.1. The monoisotopic (exact) mass is 762 g/mol. The van der Waals surface area contributed by atoms with Gasteiger partial charge >= 0.3 is 0 Å². The van der Waals surface area contributed by atoms with Crippen LogP contribution in [0, 0.1) is 5.41 Å². The van der Waals surface area contributed by atoms with Crippen LogP contribution in [0.3, 0.4) is 0 Å². The normalized spacial score (nSPS) is 13.0. The summed E-state index contributed by atoms with van der Waals surface area (Å²) in [5, 5.41) is 12.0. The lowest BCUT2D eigenvalue weighted by molar-refractivity contribution is -0.170. The maximum absolute atomic E-state index is 11.1. The number of hydrogen-bond donors (Lipinski definition) is 1. The zero-order valence-corrected chi connectivity index (χ0v) is 33.5. The van der Waals surface area contributed by atoms with Crippen LogP contribution in [0.15, 0.2) is 158 Å². The van der Waals surface area contributed by atoms with E-state index in [1.165, 1.54) is 0 Å². The van der Waals surface area contributed by atoms with Gasteiger partial charge in [-0.15, -0.1) is 5.23 Å². The molecule has 7 aromatic rings. The molecule has 5 aromatic carbocycles. The topological polar surface area (TPSA) is 97.2 Å². The molecule has 0 bridgehead atoms. The van der Waals surface area contributed by atoms with Crippen molar-refractivity contribution >= 4 is 11.3 Å². The molecular weight excluding hydrogens is 717 g/mol. The summed E-state index contributed by atoms with van der Waals surface area (Å²) in [6, 6.07) is 46.0. The van der Waals surface area contributed by atoms with Crippen LogP contribution in [0.5, 0.6) is 0 Å². The largest absolute Gasteiger partial charge is 0.264 e. The average molecular weight is 763 g/mol. The van der Waals surface area contributed by atoms with Gasteiger partial charge < -0.3 is 0 Å². The van der Waals surface area contributed by atoms with Gasteiger partial charge in [-0.2, -0.15) is 0 Å². The van der Waals surface area contributed by atoms with Gasteiger partial charge in [-0.3, -0.25) is 5.21 Å². The van der Waals surface area contributed by atoms with E-state index in [2.05, 4.69) is 75.4 Å². The molecule has 0 amide bonds. The summed E-state index contributed by atoms with van der Waals surface area (Å²) in [6.07, 6.45) is 8.23. The van der Waals surface area contributed by atoms with Gasteiger partial charge in [-0.05, 0) is 55.9 Å². The first-order chi connectivity index (χ1) is 28.0. The van der Waals surface area contributed by atoms with Gasteiger partial charge in [0.2, 0.25) is 0 Å². The van der Waals surface area contributed by atoms with Gasteiger partial charge in [0.25, 0.3) is 0 Å².